The van der Waals surface area contributed by atoms with Gasteiger partial charge in [-0.1, -0.05) is 30.3 Å². The molecule has 0 atom stereocenters. The molecule has 0 aliphatic heterocycles. The lowest BCUT2D eigenvalue weighted by molar-refractivity contribution is -0.383. The molecular formula is C21H17N3O6S. The number of nitrogens with one attached hydrogen (secondary N) is 2. The number of ketones is 1. The van der Waals surface area contributed by atoms with Crippen LogP contribution in [0, 0.1) is 10.1 Å². The number of nitro benzene ring substituents is 1. The van der Waals surface area contributed by atoms with Gasteiger partial charge in [-0.3, -0.25) is 24.4 Å². The van der Waals surface area contributed by atoms with Gasteiger partial charge >= 0.3 is 0 Å². The fourth-order valence-corrected chi connectivity index (χ4v) is 3.85. The summed E-state index contributed by atoms with van der Waals surface area (Å²) in [6, 6.07) is 16.9. The first-order chi connectivity index (χ1) is 14.7. The molecule has 0 heterocycles. The van der Waals surface area contributed by atoms with Gasteiger partial charge in [0.15, 0.2) is 5.78 Å². The summed E-state index contributed by atoms with van der Waals surface area (Å²) in [6.45, 7) is 1.37. The van der Waals surface area contributed by atoms with E-state index in [2.05, 4.69) is 10.0 Å². The molecule has 0 unspecified atom stereocenters. The van der Waals surface area contributed by atoms with E-state index in [-0.39, 0.29) is 33.3 Å². The Balaban J connectivity index is 1.85. The summed E-state index contributed by atoms with van der Waals surface area (Å²) in [5.74, 6) is -0.917. The third-order valence-electron chi connectivity index (χ3n) is 4.28. The number of Topliss-reactive ketones (excluding diaryl/α,β-unsaturated/α-hetero) is 1. The quantitative estimate of drug-likeness (QED) is 0.326. The fourth-order valence-electron chi connectivity index (χ4n) is 2.75. The lowest BCUT2D eigenvalue weighted by Crippen LogP contribution is -2.16. The van der Waals surface area contributed by atoms with E-state index >= 15 is 0 Å². The smallest absolute Gasteiger partial charge is 0.292 e. The number of carbonyl (C=O) groups is 2. The number of amides is 1. The zero-order valence-electron chi connectivity index (χ0n) is 16.2. The van der Waals surface area contributed by atoms with Crippen molar-refractivity contribution in [3.63, 3.8) is 0 Å². The van der Waals surface area contributed by atoms with Crippen LogP contribution in [0.2, 0.25) is 0 Å². The van der Waals surface area contributed by atoms with E-state index in [9.17, 15) is 28.1 Å². The van der Waals surface area contributed by atoms with E-state index in [1.54, 1.807) is 12.1 Å². The molecule has 9 nitrogen and oxygen atoms in total. The Morgan fingerprint density at radius 1 is 0.903 bits per heavy atom. The molecular weight excluding hydrogens is 422 g/mol. The molecule has 3 aromatic carbocycles. The normalized spacial score (nSPS) is 10.9. The highest BCUT2D eigenvalue weighted by Gasteiger charge is 2.19. The van der Waals surface area contributed by atoms with E-state index in [0.29, 0.717) is 5.56 Å². The molecule has 0 saturated carbocycles. The van der Waals surface area contributed by atoms with Gasteiger partial charge in [0.1, 0.15) is 5.69 Å². The molecule has 2 N–H and O–H groups in total. The number of nitrogens with zero attached hydrogens (tertiary/aromatic N) is 1. The van der Waals surface area contributed by atoms with E-state index in [0.717, 1.165) is 6.07 Å². The van der Waals surface area contributed by atoms with Crippen LogP contribution in [-0.2, 0) is 10.0 Å². The van der Waals surface area contributed by atoms with E-state index in [1.807, 2.05) is 0 Å². The molecule has 0 radical (unpaired) electrons. The van der Waals surface area contributed by atoms with Gasteiger partial charge < -0.3 is 5.32 Å². The van der Waals surface area contributed by atoms with Crippen LogP contribution in [0.4, 0.5) is 17.1 Å². The van der Waals surface area contributed by atoms with Crippen LogP contribution in [0.3, 0.4) is 0 Å². The molecule has 0 aliphatic carbocycles. The average Bonchev–Trinajstić information content (AvgIpc) is 2.74. The van der Waals surface area contributed by atoms with Crippen molar-refractivity contribution in [3.05, 3.63) is 94.0 Å². The molecule has 3 rings (SSSR count). The first-order valence-corrected chi connectivity index (χ1v) is 10.4. The number of anilines is 2. The molecule has 0 aromatic heterocycles. The van der Waals surface area contributed by atoms with Gasteiger partial charge in [0.25, 0.3) is 21.6 Å². The number of hydrogen-bond donors (Lipinski definition) is 2. The molecule has 0 spiro atoms. The molecule has 158 valence electrons. The predicted molar refractivity (Wildman–Crippen MR) is 115 cm³/mol. The number of rotatable bonds is 7. The molecule has 31 heavy (non-hydrogen) atoms. The Kier molecular flexibility index (Phi) is 6.12. The Morgan fingerprint density at radius 3 is 2.29 bits per heavy atom. The van der Waals surface area contributed by atoms with Gasteiger partial charge in [0.05, 0.1) is 9.82 Å². The number of carbonyl (C=O) groups excluding carboxylic acids is 2. The second-order valence-corrected chi connectivity index (χ2v) is 8.18. The maximum Gasteiger partial charge on any atom is 0.292 e. The predicted octanol–water partition coefficient (Wildman–Crippen LogP) is 3.85. The summed E-state index contributed by atoms with van der Waals surface area (Å²) in [7, 11) is -4.06. The summed E-state index contributed by atoms with van der Waals surface area (Å²) >= 11 is 0. The number of hydrogen-bond acceptors (Lipinski definition) is 6. The Morgan fingerprint density at radius 2 is 1.58 bits per heavy atom. The summed E-state index contributed by atoms with van der Waals surface area (Å²) < 4.78 is 27.9. The standard InChI is InChI=1S/C21H17N3O6S/c1-14(25)15-6-4-8-17(12-15)23-31(29,30)18-9-5-7-16(13-18)21(26)22-19-10-2-3-11-20(19)24(27)28/h2-13,23H,1H3,(H,22,26). The van der Waals surface area contributed by atoms with Crippen LogP contribution in [-0.4, -0.2) is 25.0 Å². The second kappa shape index (κ2) is 8.76. The van der Waals surface area contributed by atoms with Crippen molar-refractivity contribution in [1.82, 2.24) is 0 Å². The monoisotopic (exact) mass is 439 g/mol. The molecule has 0 bridgehead atoms. The topological polar surface area (TPSA) is 135 Å². The Labute approximate surface area is 177 Å². The van der Waals surface area contributed by atoms with Crippen molar-refractivity contribution in [1.29, 1.82) is 0 Å². The average molecular weight is 439 g/mol. The summed E-state index contributed by atoms with van der Waals surface area (Å²) in [4.78, 5) is 34.4. The maximum absolute atomic E-state index is 12.7. The zero-order chi connectivity index (χ0) is 22.6. The lowest BCUT2D eigenvalue weighted by atomic mass is 10.1. The van der Waals surface area contributed by atoms with Crippen LogP contribution >= 0.6 is 0 Å². The largest absolute Gasteiger partial charge is 0.316 e. The molecule has 10 heteroatoms. The summed E-state index contributed by atoms with van der Waals surface area (Å²) in [6.07, 6.45) is 0. The minimum absolute atomic E-state index is 0.00138. The van der Waals surface area contributed by atoms with Crippen molar-refractivity contribution < 1.29 is 22.9 Å². The van der Waals surface area contributed by atoms with Crippen molar-refractivity contribution in [2.45, 2.75) is 11.8 Å². The third kappa shape index (κ3) is 5.11. The number of nitro groups is 1. The second-order valence-electron chi connectivity index (χ2n) is 6.50. The molecule has 3 aromatic rings. The van der Waals surface area contributed by atoms with Gasteiger partial charge in [-0.15, -0.1) is 0 Å². The Hall–Kier alpha value is -4.05. The number of para-hydroxylation sites is 2. The van der Waals surface area contributed by atoms with Crippen LogP contribution < -0.4 is 10.0 Å². The Bertz CT molecular complexity index is 1290. The summed E-state index contributed by atoms with van der Waals surface area (Å²) in [5.41, 5.74) is 0.246. The number of benzene rings is 3. The van der Waals surface area contributed by atoms with Gasteiger partial charge in [0, 0.05) is 22.9 Å². The first-order valence-electron chi connectivity index (χ1n) is 8.96. The molecule has 0 aliphatic rings. The minimum atomic E-state index is -4.06. The van der Waals surface area contributed by atoms with Gasteiger partial charge in [0.2, 0.25) is 0 Å². The minimum Gasteiger partial charge on any atom is -0.316 e. The third-order valence-corrected chi connectivity index (χ3v) is 5.66. The van der Waals surface area contributed by atoms with E-state index in [4.69, 9.17) is 0 Å². The molecule has 0 fully saturated rings. The van der Waals surface area contributed by atoms with Crippen molar-refractivity contribution >= 4 is 38.8 Å². The SMILES string of the molecule is CC(=O)c1cccc(NS(=O)(=O)c2cccc(C(=O)Nc3ccccc3[N+](=O)[O-])c2)c1. The molecule has 1 amide bonds. The van der Waals surface area contributed by atoms with Gasteiger partial charge in [-0.2, -0.15) is 0 Å². The van der Waals surface area contributed by atoms with E-state index in [1.165, 1.54) is 61.5 Å². The van der Waals surface area contributed by atoms with Crippen molar-refractivity contribution in [2.24, 2.45) is 0 Å². The summed E-state index contributed by atoms with van der Waals surface area (Å²) in [5, 5.41) is 13.5. The lowest BCUT2D eigenvalue weighted by Gasteiger charge is -2.11. The highest BCUT2D eigenvalue weighted by atomic mass is 32.2. The first kappa shape index (κ1) is 21.7. The van der Waals surface area contributed by atoms with Gasteiger partial charge in [-0.05, 0) is 43.3 Å². The van der Waals surface area contributed by atoms with Crippen molar-refractivity contribution in [3.8, 4) is 0 Å². The zero-order valence-corrected chi connectivity index (χ0v) is 17.0. The van der Waals surface area contributed by atoms with Crippen LogP contribution in [0.15, 0.2) is 77.7 Å². The highest BCUT2D eigenvalue weighted by Crippen LogP contribution is 2.24. The van der Waals surface area contributed by atoms with Gasteiger partial charge in [-0.25, -0.2) is 8.42 Å². The maximum atomic E-state index is 12.7. The van der Waals surface area contributed by atoms with Crippen LogP contribution in [0.1, 0.15) is 27.6 Å². The molecule has 0 saturated heterocycles. The fraction of sp³-hybridized carbons (Fsp3) is 0.0476. The van der Waals surface area contributed by atoms with Crippen molar-refractivity contribution in [2.75, 3.05) is 10.0 Å². The number of sulfonamides is 1. The van der Waals surface area contributed by atoms with E-state index < -0.39 is 20.9 Å². The van der Waals surface area contributed by atoms with Crippen LogP contribution in [0.25, 0.3) is 0 Å². The van der Waals surface area contributed by atoms with Crippen LogP contribution in [0.5, 0.6) is 0 Å². The highest BCUT2D eigenvalue weighted by molar-refractivity contribution is 7.92.